The van der Waals surface area contributed by atoms with E-state index in [1.165, 1.54) is 6.92 Å². The molecule has 2 rings (SSSR count). The maximum atomic E-state index is 12.2. The Morgan fingerprint density at radius 3 is 2.86 bits per heavy atom. The molecule has 21 heavy (non-hydrogen) atoms. The molecule has 2 amide bonds. The van der Waals surface area contributed by atoms with E-state index < -0.39 is 6.10 Å². The molecule has 1 aromatic carbocycles. The fourth-order valence-corrected chi connectivity index (χ4v) is 2.09. The summed E-state index contributed by atoms with van der Waals surface area (Å²) in [6.07, 6.45) is -0.475. The molecule has 1 unspecified atom stereocenters. The molecule has 0 radical (unpaired) electrons. The summed E-state index contributed by atoms with van der Waals surface area (Å²) in [4.78, 5) is 25.1. The largest absolute Gasteiger partial charge is 0.366 e. The van der Waals surface area contributed by atoms with Gasteiger partial charge in [-0.05, 0) is 11.6 Å². The second-order valence-corrected chi connectivity index (χ2v) is 5.09. The van der Waals surface area contributed by atoms with Gasteiger partial charge in [0.15, 0.2) is 0 Å². The van der Waals surface area contributed by atoms with Gasteiger partial charge in [-0.25, -0.2) is 0 Å². The van der Waals surface area contributed by atoms with Crippen LogP contribution in [0.4, 0.5) is 5.69 Å². The average Bonchev–Trinajstić information content (AvgIpc) is 2.50. The van der Waals surface area contributed by atoms with Gasteiger partial charge in [0.1, 0.15) is 6.10 Å². The topological polar surface area (TPSA) is 70.7 Å². The van der Waals surface area contributed by atoms with Crippen LogP contribution in [-0.4, -0.2) is 49.6 Å². The summed E-state index contributed by atoms with van der Waals surface area (Å²) in [6.45, 7) is 3.79. The predicted octanol–water partition coefficient (Wildman–Crippen LogP) is 0.592. The zero-order valence-electron chi connectivity index (χ0n) is 12.4. The second kappa shape index (κ2) is 7.19. The van der Waals surface area contributed by atoms with Crippen LogP contribution in [0.15, 0.2) is 24.3 Å². The van der Waals surface area contributed by atoms with Crippen LogP contribution in [0.5, 0.6) is 0 Å². The van der Waals surface area contributed by atoms with E-state index in [4.69, 9.17) is 4.74 Å². The molecule has 1 aliphatic heterocycles. The number of carbonyl (C=O) groups excluding carboxylic acids is 2. The van der Waals surface area contributed by atoms with E-state index in [1.54, 1.807) is 11.9 Å². The van der Waals surface area contributed by atoms with Crippen LogP contribution in [0.1, 0.15) is 12.5 Å². The number of anilines is 1. The Balaban J connectivity index is 2.05. The summed E-state index contributed by atoms with van der Waals surface area (Å²) >= 11 is 0. The number of para-hydroxylation sites is 1. The molecule has 1 aromatic rings. The molecular weight excluding hydrogens is 270 g/mol. The summed E-state index contributed by atoms with van der Waals surface area (Å²) < 4.78 is 5.43. The number of rotatable bonds is 4. The smallest absolute Gasteiger partial charge is 0.254 e. The van der Waals surface area contributed by atoms with Crippen LogP contribution < -0.4 is 10.6 Å². The Kier molecular flexibility index (Phi) is 5.30. The van der Waals surface area contributed by atoms with Crippen LogP contribution in [0.2, 0.25) is 0 Å². The number of carbonyl (C=O) groups is 2. The van der Waals surface area contributed by atoms with Crippen molar-refractivity contribution in [2.75, 3.05) is 32.1 Å². The Bertz CT molecular complexity index is 513. The molecule has 6 heteroatoms. The lowest BCUT2D eigenvalue weighted by Crippen LogP contribution is -2.45. The first-order valence-corrected chi connectivity index (χ1v) is 7.00. The van der Waals surface area contributed by atoms with Gasteiger partial charge in [0, 0.05) is 39.3 Å². The summed E-state index contributed by atoms with van der Waals surface area (Å²) in [5.74, 6) is -0.184. The molecule has 1 heterocycles. The third-order valence-electron chi connectivity index (χ3n) is 3.44. The van der Waals surface area contributed by atoms with Crippen molar-refractivity contribution in [1.82, 2.24) is 10.2 Å². The third kappa shape index (κ3) is 4.27. The van der Waals surface area contributed by atoms with Crippen LogP contribution in [0, 0.1) is 0 Å². The van der Waals surface area contributed by atoms with Gasteiger partial charge in [0.25, 0.3) is 5.91 Å². The molecule has 2 N–H and O–H groups in total. The van der Waals surface area contributed by atoms with Gasteiger partial charge >= 0.3 is 0 Å². The molecule has 114 valence electrons. The van der Waals surface area contributed by atoms with Crippen molar-refractivity contribution in [2.24, 2.45) is 0 Å². The van der Waals surface area contributed by atoms with E-state index >= 15 is 0 Å². The van der Waals surface area contributed by atoms with Gasteiger partial charge in [-0.1, -0.05) is 18.2 Å². The summed E-state index contributed by atoms with van der Waals surface area (Å²) in [5, 5.41) is 6.01. The quantitative estimate of drug-likeness (QED) is 0.852. The molecule has 0 aromatic heterocycles. The molecule has 1 aliphatic rings. The fraction of sp³-hybridized carbons (Fsp3) is 0.467. The molecule has 1 saturated heterocycles. The van der Waals surface area contributed by atoms with Crippen molar-refractivity contribution in [3.8, 4) is 0 Å². The Labute approximate surface area is 124 Å². The lowest BCUT2D eigenvalue weighted by atomic mass is 10.1. The summed E-state index contributed by atoms with van der Waals surface area (Å²) in [5.41, 5.74) is 1.61. The molecule has 6 nitrogen and oxygen atoms in total. The van der Waals surface area contributed by atoms with Crippen molar-refractivity contribution in [3.63, 3.8) is 0 Å². The van der Waals surface area contributed by atoms with Crippen molar-refractivity contribution in [1.29, 1.82) is 0 Å². The Morgan fingerprint density at radius 1 is 1.43 bits per heavy atom. The number of morpholine rings is 1. The van der Waals surface area contributed by atoms with E-state index in [0.29, 0.717) is 25.4 Å². The SMILES string of the molecule is CC(=O)N(C)Cc1ccccc1NC(=O)C1CNCCO1. The molecule has 0 bridgehead atoms. The molecule has 0 aliphatic carbocycles. The minimum absolute atomic E-state index is 0.0176. The lowest BCUT2D eigenvalue weighted by Gasteiger charge is -2.24. The van der Waals surface area contributed by atoms with Crippen LogP contribution in [0.3, 0.4) is 0 Å². The highest BCUT2D eigenvalue weighted by atomic mass is 16.5. The van der Waals surface area contributed by atoms with Crippen LogP contribution in [-0.2, 0) is 20.9 Å². The van der Waals surface area contributed by atoms with Gasteiger partial charge in [0.2, 0.25) is 5.91 Å². The van der Waals surface area contributed by atoms with Gasteiger partial charge in [-0.15, -0.1) is 0 Å². The minimum Gasteiger partial charge on any atom is -0.366 e. The van der Waals surface area contributed by atoms with Crippen molar-refractivity contribution >= 4 is 17.5 Å². The zero-order valence-corrected chi connectivity index (χ0v) is 12.4. The van der Waals surface area contributed by atoms with E-state index in [0.717, 1.165) is 12.1 Å². The van der Waals surface area contributed by atoms with Crippen molar-refractivity contribution in [3.05, 3.63) is 29.8 Å². The average molecular weight is 291 g/mol. The van der Waals surface area contributed by atoms with Crippen molar-refractivity contribution in [2.45, 2.75) is 19.6 Å². The number of nitrogens with zero attached hydrogens (tertiary/aromatic N) is 1. The van der Waals surface area contributed by atoms with E-state index in [1.807, 2.05) is 24.3 Å². The molecule has 1 atom stereocenters. The van der Waals surface area contributed by atoms with Gasteiger partial charge < -0.3 is 20.3 Å². The van der Waals surface area contributed by atoms with Gasteiger partial charge in [0.05, 0.1) is 6.61 Å². The normalized spacial score (nSPS) is 18.1. The number of hydrogen-bond donors (Lipinski definition) is 2. The molecular formula is C15H21N3O3. The van der Waals surface area contributed by atoms with E-state index in [2.05, 4.69) is 10.6 Å². The predicted molar refractivity (Wildman–Crippen MR) is 79.8 cm³/mol. The fourth-order valence-electron chi connectivity index (χ4n) is 2.09. The summed E-state index contributed by atoms with van der Waals surface area (Å²) in [6, 6.07) is 7.47. The number of nitrogens with one attached hydrogen (secondary N) is 2. The number of hydrogen-bond acceptors (Lipinski definition) is 4. The lowest BCUT2D eigenvalue weighted by molar-refractivity contribution is -0.129. The third-order valence-corrected chi connectivity index (χ3v) is 3.44. The number of ether oxygens (including phenoxy) is 1. The monoisotopic (exact) mass is 291 g/mol. The zero-order chi connectivity index (χ0) is 15.2. The first kappa shape index (κ1) is 15.5. The van der Waals surface area contributed by atoms with Gasteiger partial charge in [-0.3, -0.25) is 9.59 Å². The Hall–Kier alpha value is -1.92. The number of amides is 2. The van der Waals surface area contributed by atoms with Crippen LogP contribution >= 0.6 is 0 Å². The molecule has 0 spiro atoms. The Morgan fingerprint density at radius 2 is 2.19 bits per heavy atom. The van der Waals surface area contributed by atoms with Crippen LogP contribution in [0.25, 0.3) is 0 Å². The number of benzene rings is 1. The highest BCUT2D eigenvalue weighted by molar-refractivity contribution is 5.95. The molecule has 1 fully saturated rings. The first-order valence-electron chi connectivity index (χ1n) is 7.00. The maximum Gasteiger partial charge on any atom is 0.254 e. The highest BCUT2D eigenvalue weighted by Crippen LogP contribution is 2.17. The highest BCUT2D eigenvalue weighted by Gasteiger charge is 2.22. The summed E-state index contributed by atoms with van der Waals surface area (Å²) in [7, 11) is 1.73. The molecule has 0 saturated carbocycles. The van der Waals surface area contributed by atoms with E-state index in [-0.39, 0.29) is 11.8 Å². The standard InChI is InChI=1S/C15H21N3O3/c1-11(19)18(2)10-12-5-3-4-6-13(12)17-15(20)14-9-16-7-8-21-14/h3-6,14,16H,7-10H2,1-2H3,(H,17,20). The van der Waals surface area contributed by atoms with Crippen molar-refractivity contribution < 1.29 is 14.3 Å². The first-order chi connectivity index (χ1) is 10.1. The van der Waals surface area contributed by atoms with Gasteiger partial charge in [-0.2, -0.15) is 0 Å². The maximum absolute atomic E-state index is 12.2. The second-order valence-electron chi connectivity index (χ2n) is 5.09. The minimum atomic E-state index is -0.475. The van der Waals surface area contributed by atoms with E-state index in [9.17, 15) is 9.59 Å².